The van der Waals surface area contributed by atoms with Crippen molar-refractivity contribution >= 4 is 17.8 Å². The standard InChI is InChI=1S/C21H23F2N3O3/c1-16(29-24-15-17-7-9-19(10-8-17)28-21(22)23)20(27)26-13-11-25(12-14-26)18-5-3-2-4-6-18/h2-10,15-16,21H,11-14H2,1H3/b24-15+. The molecule has 2 aromatic rings. The fourth-order valence-corrected chi connectivity index (χ4v) is 3.04. The Bertz CT molecular complexity index is 808. The lowest BCUT2D eigenvalue weighted by Crippen LogP contribution is -2.51. The number of ether oxygens (including phenoxy) is 1. The summed E-state index contributed by atoms with van der Waals surface area (Å²) in [6.07, 6.45) is 0.708. The van der Waals surface area contributed by atoms with E-state index < -0.39 is 12.7 Å². The van der Waals surface area contributed by atoms with Crippen molar-refractivity contribution in [3.8, 4) is 5.75 Å². The predicted molar refractivity (Wildman–Crippen MR) is 106 cm³/mol. The third-order valence-corrected chi connectivity index (χ3v) is 4.59. The molecule has 0 N–H and O–H groups in total. The number of hydrogen-bond acceptors (Lipinski definition) is 5. The first-order valence-electron chi connectivity index (χ1n) is 9.36. The van der Waals surface area contributed by atoms with E-state index in [0.717, 1.165) is 18.8 Å². The minimum atomic E-state index is -2.86. The molecule has 0 aliphatic carbocycles. The second kappa shape index (κ2) is 9.86. The Kier molecular flexibility index (Phi) is 6.99. The molecule has 6 nitrogen and oxygen atoms in total. The largest absolute Gasteiger partial charge is 0.435 e. The highest BCUT2D eigenvalue weighted by Crippen LogP contribution is 2.17. The van der Waals surface area contributed by atoms with Gasteiger partial charge in [0.05, 0.1) is 6.21 Å². The molecular weight excluding hydrogens is 380 g/mol. The van der Waals surface area contributed by atoms with Gasteiger partial charge in [-0.3, -0.25) is 4.79 Å². The first-order valence-corrected chi connectivity index (χ1v) is 9.36. The van der Waals surface area contributed by atoms with Crippen molar-refractivity contribution in [2.45, 2.75) is 19.6 Å². The summed E-state index contributed by atoms with van der Waals surface area (Å²) in [5, 5.41) is 3.84. The minimum absolute atomic E-state index is 0.0660. The van der Waals surface area contributed by atoms with Crippen molar-refractivity contribution in [2.75, 3.05) is 31.1 Å². The molecular formula is C21H23F2N3O3. The molecule has 1 saturated heterocycles. The Morgan fingerprint density at radius 1 is 1.03 bits per heavy atom. The van der Waals surface area contributed by atoms with Gasteiger partial charge in [-0.1, -0.05) is 23.4 Å². The molecule has 1 atom stereocenters. The lowest BCUT2D eigenvalue weighted by Gasteiger charge is -2.36. The van der Waals surface area contributed by atoms with Gasteiger partial charge in [0.15, 0.2) is 0 Å². The fraction of sp³-hybridized carbons (Fsp3) is 0.333. The molecule has 0 bridgehead atoms. The van der Waals surface area contributed by atoms with E-state index in [1.54, 1.807) is 24.0 Å². The van der Waals surface area contributed by atoms with Crippen LogP contribution < -0.4 is 9.64 Å². The summed E-state index contributed by atoms with van der Waals surface area (Å²) in [5.41, 5.74) is 1.79. The average Bonchev–Trinajstić information content (AvgIpc) is 2.75. The first kappa shape index (κ1) is 20.6. The van der Waals surface area contributed by atoms with E-state index in [0.29, 0.717) is 18.7 Å². The molecule has 8 heteroatoms. The third kappa shape index (κ3) is 5.91. The Labute approximate surface area is 168 Å². The molecule has 1 unspecified atom stereocenters. The number of benzene rings is 2. The summed E-state index contributed by atoms with van der Waals surface area (Å²) in [6.45, 7) is 1.56. The van der Waals surface area contributed by atoms with Gasteiger partial charge in [0.25, 0.3) is 5.91 Å². The van der Waals surface area contributed by atoms with Crippen LogP contribution in [0.4, 0.5) is 14.5 Å². The molecule has 1 heterocycles. The van der Waals surface area contributed by atoms with Crippen LogP contribution in [0, 0.1) is 0 Å². The summed E-state index contributed by atoms with van der Waals surface area (Å²) >= 11 is 0. The number of rotatable bonds is 7. The number of nitrogens with zero attached hydrogens (tertiary/aromatic N) is 3. The van der Waals surface area contributed by atoms with Crippen molar-refractivity contribution in [3.63, 3.8) is 0 Å². The van der Waals surface area contributed by atoms with Crippen molar-refractivity contribution in [1.82, 2.24) is 4.90 Å². The second-order valence-electron chi connectivity index (χ2n) is 6.58. The van der Waals surface area contributed by atoms with Gasteiger partial charge in [0, 0.05) is 31.9 Å². The smallest absolute Gasteiger partial charge is 0.387 e. The SMILES string of the molecule is CC(O/N=C/c1ccc(OC(F)F)cc1)C(=O)N1CCN(c2ccccc2)CC1. The van der Waals surface area contributed by atoms with E-state index in [1.165, 1.54) is 18.3 Å². The van der Waals surface area contributed by atoms with Crippen LogP contribution in [0.2, 0.25) is 0 Å². The van der Waals surface area contributed by atoms with Gasteiger partial charge in [-0.25, -0.2) is 0 Å². The van der Waals surface area contributed by atoms with Crippen LogP contribution in [-0.2, 0) is 9.63 Å². The number of halogens is 2. The highest BCUT2D eigenvalue weighted by Gasteiger charge is 2.26. The van der Waals surface area contributed by atoms with Gasteiger partial charge >= 0.3 is 6.61 Å². The Morgan fingerprint density at radius 3 is 2.31 bits per heavy atom. The van der Waals surface area contributed by atoms with Gasteiger partial charge < -0.3 is 19.4 Å². The van der Waals surface area contributed by atoms with Crippen LogP contribution in [0.25, 0.3) is 0 Å². The van der Waals surface area contributed by atoms with Crippen molar-refractivity contribution in [1.29, 1.82) is 0 Å². The Morgan fingerprint density at radius 2 is 1.69 bits per heavy atom. The van der Waals surface area contributed by atoms with Crippen LogP contribution in [0.1, 0.15) is 12.5 Å². The van der Waals surface area contributed by atoms with Crippen molar-refractivity contribution in [2.24, 2.45) is 5.16 Å². The normalized spacial score (nSPS) is 15.6. The van der Waals surface area contributed by atoms with Gasteiger partial charge in [-0.15, -0.1) is 0 Å². The highest BCUT2D eigenvalue weighted by atomic mass is 19.3. The average molecular weight is 403 g/mol. The predicted octanol–water partition coefficient (Wildman–Crippen LogP) is 3.38. The van der Waals surface area contributed by atoms with E-state index in [1.807, 2.05) is 18.2 Å². The quantitative estimate of drug-likeness (QED) is 0.525. The van der Waals surface area contributed by atoms with E-state index in [-0.39, 0.29) is 11.7 Å². The highest BCUT2D eigenvalue weighted by molar-refractivity contribution is 5.81. The third-order valence-electron chi connectivity index (χ3n) is 4.59. The zero-order chi connectivity index (χ0) is 20.6. The zero-order valence-corrected chi connectivity index (χ0v) is 16.1. The fourth-order valence-electron chi connectivity index (χ4n) is 3.04. The van der Waals surface area contributed by atoms with Crippen molar-refractivity contribution < 1.29 is 23.1 Å². The summed E-state index contributed by atoms with van der Waals surface area (Å²) in [4.78, 5) is 21.9. The molecule has 1 aliphatic heterocycles. The maximum Gasteiger partial charge on any atom is 0.387 e. The van der Waals surface area contributed by atoms with Gasteiger partial charge in [-0.05, 0) is 48.9 Å². The summed E-state index contributed by atoms with van der Waals surface area (Å²) < 4.78 is 28.6. The molecule has 0 aromatic heterocycles. The molecule has 0 saturated carbocycles. The number of alkyl halides is 2. The minimum Gasteiger partial charge on any atom is -0.435 e. The summed E-state index contributed by atoms with van der Waals surface area (Å²) in [6, 6.07) is 16.1. The molecule has 154 valence electrons. The molecule has 0 spiro atoms. The number of amides is 1. The Hall–Kier alpha value is -3.16. The van der Waals surface area contributed by atoms with E-state index in [2.05, 4.69) is 26.9 Å². The lowest BCUT2D eigenvalue weighted by molar-refractivity contribution is -0.142. The van der Waals surface area contributed by atoms with Crippen LogP contribution >= 0.6 is 0 Å². The van der Waals surface area contributed by atoms with Crippen LogP contribution in [-0.4, -0.2) is 55.9 Å². The number of hydrogen-bond donors (Lipinski definition) is 0. The Balaban J connectivity index is 1.45. The van der Waals surface area contributed by atoms with E-state index >= 15 is 0 Å². The molecule has 2 aromatic carbocycles. The van der Waals surface area contributed by atoms with E-state index in [4.69, 9.17) is 4.84 Å². The number of para-hydroxylation sites is 1. The number of piperazine rings is 1. The van der Waals surface area contributed by atoms with Crippen LogP contribution in [0.3, 0.4) is 0 Å². The lowest BCUT2D eigenvalue weighted by atomic mass is 10.2. The number of oxime groups is 1. The molecule has 29 heavy (non-hydrogen) atoms. The van der Waals surface area contributed by atoms with E-state index in [9.17, 15) is 13.6 Å². The number of anilines is 1. The first-order chi connectivity index (χ1) is 14.0. The van der Waals surface area contributed by atoms with Crippen LogP contribution in [0.5, 0.6) is 5.75 Å². The number of carbonyl (C=O) groups excluding carboxylic acids is 1. The molecule has 0 radical (unpaired) electrons. The topological polar surface area (TPSA) is 54.4 Å². The zero-order valence-electron chi connectivity index (χ0n) is 16.1. The van der Waals surface area contributed by atoms with Gasteiger partial charge in [0.1, 0.15) is 5.75 Å². The van der Waals surface area contributed by atoms with Crippen molar-refractivity contribution in [3.05, 3.63) is 60.2 Å². The molecule has 1 amide bonds. The van der Waals surface area contributed by atoms with Gasteiger partial charge in [-0.2, -0.15) is 8.78 Å². The maximum atomic E-state index is 12.6. The van der Waals surface area contributed by atoms with Gasteiger partial charge in [0.2, 0.25) is 6.10 Å². The molecule has 3 rings (SSSR count). The van der Waals surface area contributed by atoms with Crippen LogP contribution in [0.15, 0.2) is 59.8 Å². The monoisotopic (exact) mass is 403 g/mol. The maximum absolute atomic E-state index is 12.6. The number of carbonyl (C=O) groups is 1. The summed E-state index contributed by atoms with van der Waals surface area (Å²) in [7, 11) is 0. The summed E-state index contributed by atoms with van der Waals surface area (Å²) in [5.74, 6) is -0.0493. The second-order valence-corrected chi connectivity index (χ2v) is 6.58. The molecule has 1 aliphatic rings. The molecule has 1 fully saturated rings.